The predicted octanol–water partition coefficient (Wildman–Crippen LogP) is 1.16. The van der Waals surface area contributed by atoms with Crippen LogP contribution in [0.25, 0.3) is 0 Å². The summed E-state index contributed by atoms with van der Waals surface area (Å²) in [6, 6.07) is 1.47. The summed E-state index contributed by atoms with van der Waals surface area (Å²) in [6.45, 7) is 5.52. The Hall–Kier alpha value is -1.49. The van der Waals surface area contributed by atoms with Crippen LogP contribution < -0.4 is 11.1 Å². The summed E-state index contributed by atoms with van der Waals surface area (Å²) < 4.78 is 2.09. The third-order valence-corrected chi connectivity index (χ3v) is 3.52. The van der Waals surface area contributed by atoms with E-state index in [1.54, 1.807) is 0 Å². The molecule has 1 atom stereocenters. The lowest BCUT2D eigenvalue weighted by atomic mass is 9.75. The number of hydrogen-bond donors (Lipinski definition) is 3. The van der Waals surface area contributed by atoms with E-state index in [1.165, 1.54) is 5.69 Å². The number of aliphatic hydroxyl groups excluding tert-OH is 1. The van der Waals surface area contributed by atoms with E-state index in [0.717, 1.165) is 18.4 Å². The van der Waals surface area contributed by atoms with E-state index in [0.29, 0.717) is 13.1 Å². The topological polar surface area (TPSA) is 80.3 Å². The Morgan fingerprint density at radius 1 is 1.67 bits per heavy atom. The molecule has 1 aromatic rings. The normalized spacial score (nSPS) is 21.4. The van der Waals surface area contributed by atoms with Crippen LogP contribution in [0, 0.1) is 5.41 Å². The van der Waals surface area contributed by atoms with E-state index in [2.05, 4.69) is 23.7 Å². The van der Waals surface area contributed by atoms with Gasteiger partial charge < -0.3 is 20.7 Å². The van der Waals surface area contributed by atoms with Gasteiger partial charge in [-0.2, -0.15) is 0 Å². The molecule has 0 aliphatic heterocycles. The van der Waals surface area contributed by atoms with E-state index >= 15 is 0 Å². The van der Waals surface area contributed by atoms with E-state index in [9.17, 15) is 9.90 Å². The molecule has 0 spiro atoms. The largest absolute Gasteiger partial charge is 0.388 e. The van der Waals surface area contributed by atoms with Crippen molar-refractivity contribution >= 4 is 6.03 Å². The Morgan fingerprint density at radius 2 is 2.39 bits per heavy atom. The number of amides is 2. The molecular formula is C13H21N3O2. The highest BCUT2D eigenvalue weighted by molar-refractivity contribution is 5.71. The summed E-state index contributed by atoms with van der Waals surface area (Å²) in [5, 5.41) is 12.7. The van der Waals surface area contributed by atoms with Crippen LogP contribution in [0.5, 0.6) is 0 Å². The highest BCUT2D eigenvalue weighted by Gasteiger charge is 2.32. The van der Waals surface area contributed by atoms with Gasteiger partial charge in [0.1, 0.15) is 0 Å². The molecule has 2 amide bonds. The fraction of sp³-hybridized carbons (Fsp3) is 0.615. The molecule has 100 valence electrons. The number of primary amides is 1. The van der Waals surface area contributed by atoms with Gasteiger partial charge >= 0.3 is 6.03 Å². The molecular weight excluding hydrogens is 230 g/mol. The monoisotopic (exact) mass is 251 g/mol. The van der Waals surface area contributed by atoms with Gasteiger partial charge in [-0.15, -0.1) is 0 Å². The molecule has 5 nitrogen and oxygen atoms in total. The summed E-state index contributed by atoms with van der Waals surface area (Å²) in [6.07, 6.45) is 3.33. The molecule has 4 N–H and O–H groups in total. The van der Waals surface area contributed by atoms with Crippen LogP contribution in [-0.2, 0) is 13.0 Å². The number of urea groups is 1. The molecule has 1 aliphatic carbocycles. The zero-order valence-electron chi connectivity index (χ0n) is 10.9. The molecule has 0 fully saturated rings. The van der Waals surface area contributed by atoms with Crippen molar-refractivity contribution in [2.75, 3.05) is 6.54 Å². The number of nitrogens with zero attached hydrogens (tertiary/aromatic N) is 1. The number of rotatable bonds is 3. The SMILES string of the molecule is CC1(C)Cc2c(ccn2CCNC(N)=O)C(O)C1. The first kappa shape index (κ1) is 13.0. The van der Waals surface area contributed by atoms with Crippen LogP contribution in [-0.4, -0.2) is 22.2 Å². The van der Waals surface area contributed by atoms with E-state index in [-0.39, 0.29) is 11.5 Å². The van der Waals surface area contributed by atoms with Crippen molar-refractivity contribution in [1.82, 2.24) is 9.88 Å². The lowest BCUT2D eigenvalue weighted by Crippen LogP contribution is -2.33. The fourth-order valence-corrected chi connectivity index (χ4v) is 2.70. The minimum Gasteiger partial charge on any atom is -0.388 e. The molecule has 1 heterocycles. The van der Waals surface area contributed by atoms with E-state index in [4.69, 9.17) is 5.73 Å². The average molecular weight is 251 g/mol. The van der Waals surface area contributed by atoms with Crippen molar-refractivity contribution in [2.24, 2.45) is 11.1 Å². The number of aromatic nitrogens is 1. The Morgan fingerprint density at radius 3 is 3.06 bits per heavy atom. The van der Waals surface area contributed by atoms with Gasteiger partial charge in [0.2, 0.25) is 0 Å². The number of fused-ring (bicyclic) bond motifs is 1. The van der Waals surface area contributed by atoms with E-state index < -0.39 is 6.03 Å². The van der Waals surface area contributed by atoms with Crippen molar-refractivity contribution in [2.45, 2.75) is 39.3 Å². The molecule has 2 rings (SSSR count). The van der Waals surface area contributed by atoms with Crippen molar-refractivity contribution in [3.05, 3.63) is 23.5 Å². The van der Waals surface area contributed by atoms with Gasteiger partial charge in [-0.3, -0.25) is 0 Å². The second-order valence-electron chi connectivity index (χ2n) is 5.76. The zero-order valence-corrected chi connectivity index (χ0v) is 10.9. The number of aliphatic hydroxyl groups is 1. The first-order valence-corrected chi connectivity index (χ1v) is 6.28. The van der Waals surface area contributed by atoms with Gasteiger partial charge in [0.05, 0.1) is 6.10 Å². The van der Waals surface area contributed by atoms with Gasteiger partial charge in [0, 0.05) is 30.5 Å². The summed E-state index contributed by atoms with van der Waals surface area (Å²) in [5.41, 5.74) is 7.34. The van der Waals surface area contributed by atoms with Crippen molar-refractivity contribution in [1.29, 1.82) is 0 Å². The molecule has 1 aliphatic rings. The average Bonchev–Trinajstić information content (AvgIpc) is 2.59. The molecule has 0 saturated heterocycles. The van der Waals surface area contributed by atoms with Gasteiger partial charge in [0.15, 0.2) is 0 Å². The summed E-state index contributed by atoms with van der Waals surface area (Å²) >= 11 is 0. The van der Waals surface area contributed by atoms with Crippen LogP contribution in [0.3, 0.4) is 0 Å². The molecule has 5 heteroatoms. The highest BCUT2D eigenvalue weighted by atomic mass is 16.3. The van der Waals surface area contributed by atoms with Crippen LogP contribution >= 0.6 is 0 Å². The summed E-state index contributed by atoms with van der Waals surface area (Å²) in [4.78, 5) is 10.6. The molecule has 1 aromatic heterocycles. The maximum absolute atomic E-state index is 10.6. The minimum absolute atomic E-state index is 0.111. The second-order valence-corrected chi connectivity index (χ2v) is 5.76. The predicted molar refractivity (Wildman–Crippen MR) is 69.1 cm³/mol. The molecule has 0 aromatic carbocycles. The highest BCUT2D eigenvalue weighted by Crippen LogP contribution is 2.40. The maximum atomic E-state index is 10.6. The number of nitrogens with one attached hydrogen (secondary N) is 1. The van der Waals surface area contributed by atoms with Crippen molar-refractivity contribution < 1.29 is 9.90 Å². The molecule has 0 bridgehead atoms. The maximum Gasteiger partial charge on any atom is 0.312 e. The van der Waals surface area contributed by atoms with Gasteiger partial charge in [-0.05, 0) is 24.3 Å². The lowest BCUT2D eigenvalue weighted by molar-refractivity contribution is 0.0979. The van der Waals surface area contributed by atoms with Crippen LogP contribution in [0.15, 0.2) is 12.3 Å². The van der Waals surface area contributed by atoms with Crippen LogP contribution in [0.1, 0.15) is 37.6 Å². The van der Waals surface area contributed by atoms with Crippen LogP contribution in [0.2, 0.25) is 0 Å². The third-order valence-electron chi connectivity index (χ3n) is 3.52. The van der Waals surface area contributed by atoms with E-state index in [1.807, 2.05) is 12.3 Å². The van der Waals surface area contributed by atoms with Gasteiger partial charge in [-0.25, -0.2) is 4.79 Å². The van der Waals surface area contributed by atoms with Gasteiger partial charge in [-0.1, -0.05) is 13.8 Å². The minimum atomic E-state index is -0.503. The summed E-state index contributed by atoms with van der Waals surface area (Å²) in [7, 11) is 0. The Kier molecular flexibility index (Phi) is 3.34. The molecule has 0 radical (unpaired) electrons. The van der Waals surface area contributed by atoms with Crippen LogP contribution in [0.4, 0.5) is 4.79 Å². The quantitative estimate of drug-likeness (QED) is 0.753. The first-order valence-electron chi connectivity index (χ1n) is 6.28. The first-order chi connectivity index (χ1) is 8.39. The zero-order chi connectivity index (χ0) is 13.3. The standard InChI is InChI=1S/C13H21N3O2/c1-13(2)7-10-9(11(17)8-13)3-5-16(10)6-4-15-12(14)18/h3,5,11,17H,4,6-8H2,1-2H3,(H3,14,15,18). The van der Waals surface area contributed by atoms with Crippen molar-refractivity contribution in [3.8, 4) is 0 Å². The molecule has 0 saturated carbocycles. The third kappa shape index (κ3) is 2.67. The molecule has 1 unspecified atom stereocenters. The summed E-state index contributed by atoms with van der Waals surface area (Å²) in [5.74, 6) is 0. The van der Waals surface area contributed by atoms with Crippen molar-refractivity contribution in [3.63, 3.8) is 0 Å². The second kappa shape index (κ2) is 4.65. The Bertz CT molecular complexity index is 451. The smallest absolute Gasteiger partial charge is 0.312 e. The number of carbonyl (C=O) groups excluding carboxylic acids is 1. The Balaban J connectivity index is 2.12. The Labute approximate surface area is 107 Å². The van der Waals surface area contributed by atoms with Gasteiger partial charge in [0.25, 0.3) is 0 Å². The fourth-order valence-electron chi connectivity index (χ4n) is 2.70. The number of carbonyl (C=O) groups is 1. The lowest BCUT2D eigenvalue weighted by Gasteiger charge is -2.34. The molecule has 18 heavy (non-hydrogen) atoms. The number of nitrogens with two attached hydrogens (primary N) is 1. The number of hydrogen-bond acceptors (Lipinski definition) is 2.